The number of aryl methyl sites for hydroxylation is 3. The Morgan fingerprint density at radius 3 is 1.95 bits per heavy atom. The molecular formula is C17H20BrNO2S. The fraction of sp³-hybridized carbons (Fsp3) is 0.294. The van der Waals surface area contributed by atoms with Gasteiger partial charge in [-0.3, -0.25) is 4.31 Å². The number of hydrogen-bond donors (Lipinski definition) is 0. The number of benzene rings is 2. The summed E-state index contributed by atoms with van der Waals surface area (Å²) in [6, 6.07) is 10.8. The van der Waals surface area contributed by atoms with Gasteiger partial charge in [-0.05, 0) is 63.1 Å². The van der Waals surface area contributed by atoms with E-state index in [9.17, 15) is 8.42 Å². The van der Waals surface area contributed by atoms with Crippen LogP contribution in [0.5, 0.6) is 0 Å². The van der Waals surface area contributed by atoms with E-state index in [0.717, 1.165) is 26.9 Å². The highest BCUT2D eigenvalue weighted by molar-refractivity contribution is 9.10. The standard InChI is InChI=1S/C17H20BrNO2S/c1-5-19(17-13(3)10-12(2)11-14(17)4)22(20,21)16-8-6-15(18)7-9-16/h6-11H,5H2,1-4H3. The van der Waals surface area contributed by atoms with Crippen molar-refractivity contribution in [2.24, 2.45) is 0 Å². The van der Waals surface area contributed by atoms with E-state index in [1.807, 2.05) is 39.8 Å². The van der Waals surface area contributed by atoms with Crippen molar-refractivity contribution in [2.75, 3.05) is 10.8 Å². The fourth-order valence-corrected chi connectivity index (χ4v) is 4.61. The summed E-state index contributed by atoms with van der Waals surface area (Å²) < 4.78 is 28.3. The third-order valence-electron chi connectivity index (χ3n) is 3.57. The number of nitrogens with zero attached hydrogens (tertiary/aromatic N) is 1. The topological polar surface area (TPSA) is 37.4 Å². The van der Waals surface area contributed by atoms with Crippen molar-refractivity contribution in [2.45, 2.75) is 32.6 Å². The van der Waals surface area contributed by atoms with Gasteiger partial charge in [0.2, 0.25) is 0 Å². The maximum absolute atomic E-state index is 13.0. The first-order valence-corrected chi connectivity index (χ1v) is 9.37. The minimum Gasteiger partial charge on any atom is -0.266 e. The molecule has 0 saturated carbocycles. The second-order valence-corrected chi connectivity index (χ2v) is 8.15. The van der Waals surface area contributed by atoms with Crippen LogP contribution in [0.4, 0.5) is 5.69 Å². The Morgan fingerprint density at radius 1 is 1.00 bits per heavy atom. The lowest BCUT2D eigenvalue weighted by Gasteiger charge is -2.26. The lowest BCUT2D eigenvalue weighted by atomic mass is 10.1. The summed E-state index contributed by atoms with van der Waals surface area (Å²) in [5, 5.41) is 0. The van der Waals surface area contributed by atoms with Gasteiger partial charge in [-0.2, -0.15) is 0 Å². The SMILES string of the molecule is CCN(c1c(C)cc(C)cc1C)S(=O)(=O)c1ccc(Br)cc1. The zero-order valence-electron chi connectivity index (χ0n) is 13.2. The van der Waals surface area contributed by atoms with Crippen molar-refractivity contribution in [3.63, 3.8) is 0 Å². The molecule has 0 aromatic heterocycles. The molecule has 5 heteroatoms. The maximum Gasteiger partial charge on any atom is 0.264 e. The summed E-state index contributed by atoms with van der Waals surface area (Å²) in [4.78, 5) is 0.303. The predicted molar refractivity (Wildman–Crippen MR) is 95.0 cm³/mol. The van der Waals surface area contributed by atoms with Gasteiger partial charge in [0.25, 0.3) is 10.0 Å². The van der Waals surface area contributed by atoms with E-state index < -0.39 is 10.0 Å². The number of halogens is 1. The van der Waals surface area contributed by atoms with Crippen molar-refractivity contribution in [1.82, 2.24) is 0 Å². The molecule has 0 N–H and O–H groups in total. The van der Waals surface area contributed by atoms with E-state index in [2.05, 4.69) is 15.9 Å². The summed E-state index contributed by atoms with van der Waals surface area (Å²) in [5.41, 5.74) is 3.85. The van der Waals surface area contributed by atoms with E-state index in [4.69, 9.17) is 0 Å². The van der Waals surface area contributed by atoms with Crippen LogP contribution in [-0.4, -0.2) is 15.0 Å². The van der Waals surface area contributed by atoms with Crippen molar-refractivity contribution >= 4 is 31.6 Å². The van der Waals surface area contributed by atoms with Crippen LogP contribution in [0.3, 0.4) is 0 Å². The average Bonchev–Trinajstić information content (AvgIpc) is 2.42. The Morgan fingerprint density at radius 2 is 1.50 bits per heavy atom. The van der Waals surface area contributed by atoms with E-state index in [0.29, 0.717) is 11.4 Å². The van der Waals surface area contributed by atoms with Crippen molar-refractivity contribution in [1.29, 1.82) is 0 Å². The third kappa shape index (κ3) is 3.20. The number of sulfonamides is 1. The van der Waals surface area contributed by atoms with Crippen LogP contribution in [0.1, 0.15) is 23.6 Å². The summed E-state index contributed by atoms with van der Waals surface area (Å²) >= 11 is 3.33. The largest absolute Gasteiger partial charge is 0.266 e. The molecule has 2 rings (SSSR count). The zero-order valence-corrected chi connectivity index (χ0v) is 15.6. The Labute approximate surface area is 141 Å². The van der Waals surface area contributed by atoms with Crippen molar-refractivity contribution in [3.8, 4) is 0 Å². The van der Waals surface area contributed by atoms with Gasteiger partial charge in [-0.1, -0.05) is 33.6 Å². The van der Waals surface area contributed by atoms with Gasteiger partial charge in [-0.15, -0.1) is 0 Å². The average molecular weight is 382 g/mol. The molecule has 0 amide bonds. The molecule has 0 saturated heterocycles. The fourth-order valence-electron chi connectivity index (χ4n) is 2.75. The van der Waals surface area contributed by atoms with Gasteiger partial charge in [-0.25, -0.2) is 8.42 Å². The summed E-state index contributed by atoms with van der Waals surface area (Å²) in [5.74, 6) is 0. The molecule has 0 aliphatic heterocycles. The molecule has 0 spiro atoms. The highest BCUT2D eigenvalue weighted by Gasteiger charge is 2.26. The minimum absolute atomic E-state index is 0.303. The molecule has 0 aliphatic carbocycles. The molecule has 2 aromatic carbocycles. The van der Waals surface area contributed by atoms with Crippen molar-refractivity contribution < 1.29 is 8.42 Å². The molecule has 0 aliphatic rings. The number of rotatable bonds is 4. The van der Waals surface area contributed by atoms with Gasteiger partial charge in [0.05, 0.1) is 10.6 Å². The van der Waals surface area contributed by atoms with Crippen molar-refractivity contribution in [3.05, 3.63) is 57.6 Å². The van der Waals surface area contributed by atoms with Gasteiger partial charge in [0.15, 0.2) is 0 Å². The molecule has 0 fully saturated rings. The lowest BCUT2D eigenvalue weighted by molar-refractivity contribution is 0.591. The lowest BCUT2D eigenvalue weighted by Crippen LogP contribution is -2.32. The Bertz CT molecular complexity index is 760. The molecule has 3 nitrogen and oxygen atoms in total. The Balaban J connectivity index is 2.59. The van der Waals surface area contributed by atoms with Gasteiger partial charge >= 0.3 is 0 Å². The van der Waals surface area contributed by atoms with Crippen LogP contribution in [-0.2, 0) is 10.0 Å². The Kier molecular flexibility index (Phi) is 4.97. The van der Waals surface area contributed by atoms with Crippen LogP contribution in [0.25, 0.3) is 0 Å². The van der Waals surface area contributed by atoms with Crippen LogP contribution in [0, 0.1) is 20.8 Å². The molecule has 22 heavy (non-hydrogen) atoms. The van der Waals surface area contributed by atoms with Crippen LogP contribution >= 0.6 is 15.9 Å². The van der Waals surface area contributed by atoms with Gasteiger partial charge in [0.1, 0.15) is 0 Å². The second-order valence-electron chi connectivity index (χ2n) is 5.37. The smallest absolute Gasteiger partial charge is 0.264 e. The molecule has 0 bridgehead atoms. The quantitative estimate of drug-likeness (QED) is 0.776. The normalized spacial score (nSPS) is 11.5. The van der Waals surface area contributed by atoms with Crippen LogP contribution in [0.15, 0.2) is 45.8 Å². The molecule has 0 radical (unpaired) electrons. The number of anilines is 1. The summed E-state index contributed by atoms with van der Waals surface area (Å²) in [6.45, 7) is 8.17. The first kappa shape index (κ1) is 17.0. The maximum atomic E-state index is 13.0. The Hall–Kier alpha value is -1.33. The second kappa shape index (κ2) is 6.42. The minimum atomic E-state index is -3.57. The van der Waals surface area contributed by atoms with E-state index >= 15 is 0 Å². The predicted octanol–water partition coefficient (Wildman–Crippen LogP) is 4.59. The highest BCUT2D eigenvalue weighted by atomic mass is 79.9. The molecular weight excluding hydrogens is 362 g/mol. The zero-order chi connectivity index (χ0) is 16.5. The van der Waals surface area contributed by atoms with E-state index in [1.165, 1.54) is 4.31 Å². The molecule has 0 atom stereocenters. The molecule has 0 heterocycles. The van der Waals surface area contributed by atoms with E-state index in [-0.39, 0.29) is 0 Å². The first-order valence-electron chi connectivity index (χ1n) is 7.13. The molecule has 118 valence electrons. The summed E-state index contributed by atoms with van der Waals surface area (Å²) in [7, 11) is -3.57. The monoisotopic (exact) mass is 381 g/mol. The third-order valence-corrected chi connectivity index (χ3v) is 5.99. The van der Waals surface area contributed by atoms with E-state index in [1.54, 1.807) is 24.3 Å². The van der Waals surface area contributed by atoms with Gasteiger partial charge < -0.3 is 0 Å². The summed E-state index contributed by atoms with van der Waals surface area (Å²) in [6.07, 6.45) is 0. The van der Waals surface area contributed by atoms with Crippen LogP contribution < -0.4 is 4.31 Å². The number of hydrogen-bond acceptors (Lipinski definition) is 2. The first-order chi connectivity index (χ1) is 10.3. The highest BCUT2D eigenvalue weighted by Crippen LogP contribution is 2.31. The van der Waals surface area contributed by atoms with Crippen LogP contribution in [0.2, 0.25) is 0 Å². The van der Waals surface area contributed by atoms with Gasteiger partial charge in [0, 0.05) is 11.0 Å². The molecule has 2 aromatic rings. The molecule has 0 unspecified atom stereocenters.